The summed E-state index contributed by atoms with van der Waals surface area (Å²) in [5, 5.41) is 0. The van der Waals surface area contributed by atoms with E-state index in [1.807, 2.05) is 0 Å². The maximum atomic E-state index is 12.0. The summed E-state index contributed by atoms with van der Waals surface area (Å²) >= 11 is 0. The Labute approximate surface area is 116 Å². The van der Waals surface area contributed by atoms with Gasteiger partial charge in [0.2, 0.25) is 5.78 Å². The first-order valence-corrected chi connectivity index (χ1v) is 5.95. The van der Waals surface area contributed by atoms with Crippen LogP contribution in [0.2, 0.25) is 0 Å². The standard InChI is InChI=1S/C15H13NO4/c1-19-14-5-3-2-4-12(14)13(17)10-20-15(18)11-6-8-16-9-7-11/h2-9H,10H2,1H3. The first-order chi connectivity index (χ1) is 9.72. The van der Waals surface area contributed by atoms with Gasteiger partial charge in [0.1, 0.15) is 5.75 Å². The molecule has 0 amide bonds. The van der Waals surface area contributed by atoms with E-state index in [1.165, 1.54) is 31.6 Å². The fraction of sp³-hybridized carbons (Fsp3) is 0.133. The van der Waals surface area contributed by atoms with E-state index in [4.69, 9.17) is 9.47 Å². The Morgan fingerprint density at radius 2 is 1.80 bits per heavy atom. The number of carbonyl (C=O) groups excluding carboxylic acids is 2. The van der Waals surface area contributed by atoms with Crippen molar-refractivity contribution in [2.45, 2.75) is 0 Å². The fourth-order valence-corrected chi connectivity index (χ4v) is 1.66. The number of carbonyl (C=O) groups is 2. The third-order valence-electron chi connectivity index (χ3n) is 2.66. The van der Waals surface area contributed by atoms with Crippen molar-refractivity contribution in [1.29, 1.82) is 0 Å². The van der Waals surface area contributed by atoms with Crippen molar-refractivity contribution in [2.24, 2.45) is 0 Å². The first-order valence-electron chi connectivity index (χ1n) is 5.95. The Hall–Kier alpha value is -2.69. The van der Waals surface area contributed by atoms with Gasteiger partial charge in [-0.1, -0.05) is 12.1 Å². The minimum Gasteiger partial charge on any atom is -0.496 e. The lowest BCUT2D eigenvalue weighted by atomic mass is 10.1. The van der Waals surface area contributed by atoms with E-state index in [0.29, 0.717) is 16.9 Å². The van der Waals surface area contributed by atoms with Crippen LogP contribution < -0.4 is 4.74 Å². The lowest BCUT2D eigenvalue weighted by Gasteiger charge is -2.07. The van der Waals surface area contributed by atoms with Gasteiger partial charge in [-0.15, -0.1) is 0 Å². The molecule has 0 saturated heterocycles. The Morgan fingerprint density at radius 1 is 1.10 bits per heavy atom. The highest BCUT2D eigenvalue weighted by molar-refractivity contribution is 6.01. The predicted octanol–water partition coefficient (Wildman–Crippen LogP) is 2.13. The average molecular weight is 271 g/mol. The molecule has 0 N–H and O–H groups in total. The number of nitrogens with zero attached hydrogens (tertiary/aromatic N) is 1. The number of esters is 1. The van der Waals surface area contributed by atoms with E-state index in [0.717, 1.165) is 0 Å². The van der Waals surface area contributed by atoms with Crippen LogP contribution in [0.25, 0.3) is 0 Å². The highest BCUT2D eigenvalue weighted by Crippen LogP contribution is 2.17. The number of Topliss-reactive ketones (excluding diaryl/α,β-unsaturated/α-hetero) is 1. The Bertz CT molecular complexity index is 610. The van der Waals surface area contributed by atoms with Gasteiger partial charge >= 0.3 is 5.97 Å². The Morgan fingerprint density at radius 3 is 2.50 bits per heavy atom. The minimum atomic E-state index is -0.560. The monoisotopic (exact) mass is 271 g/mol. The molecule has 1 aromatic carbocycles. The number of para-hydroxylation sites is 1. The van der Waals surface area contributed by atoms with Gasteiger partial charge < -0.3 is 9.47 Å². The molecule has 0 unspecified atom stereocenters. The summed E-state index contributed by atoms with van der Waals surface area (Å²) in [5.41, 5.74) is 0.741. The number of rotatable bonds is 5. The van der Waals surface area contributed by atoms with Crippen LogP contribution in [0.5, 0.6) is 5.75 Å². The van der Waals surface area contributed by atoms with Gasteiger partial charge in [-0.3, -0.25) is 9.78 Å². The normalized spacial score (nSPS) is 9.85. The maximum Gasteiger partial charge on any atom is 0.338 e. The summed E-state index contributed by atoms with van der Waals surface area (Å²) in [5.74, 6) is -0.419. The third-order valence-corrected chi connectivity index (χ3v) is 2.66. The molecule has 20 heavy (non-hydrogen) atoms. The molecular formula is C15H13NO4. The highest BCUT2D eigenvalue weighted by Gasteiger charge is 2.14. The quantitative estimate of drug-likeness (QED) is 0.615. The second-order valence-corrected chi connectivity index (χ2v) is 3.94. The summed E-state index contributed by atoms with van der Waals surface area (Å²) in [6.45, 7) is -0.332. The van der Waals surface area contributed by atoms with Crippen LogP contribution >= 0.6 is 0 Å². The predicted molar refractivity (Wildman–Crippen MR) is 71.8 cm³/mol. The number of ether oxygens (including phenoxy) is 2. The van der Waals surface area contributed by atoms with E-state index in [-0.39, 0.29) is 12.4 Å². The molecule has 5 nitrogen and oxygen atoms in total. The summed E-state index contributed by atoms with van der Waals surface area (Å²) in [6.07, 6.45) is 2.97. The zero-order valence-corrected chi connectivity index (χ0v) is 10.9. The van der Waals surface area contributed by atoms with Crippen LogP contribution in [0.3, 0.4) is 0 Å². The molecule has 0 aliphatic rings. The van der Waals surface area contributed by atoms with Crippen LogP contribution in [-0.4, -0.2) is 30.5 Å². The SMILES string of the molecule is COc1ccccc1C(=O)COC(=O)c1ccncc1. The molecule has 0 fully saturated rings. The Kier molecular flexibility index (Phi) is 4.44. The molecular weight excluding hydrogens is 258 g/mol. The van der Waals surface area contributed by atoms with Crippen molar-refractivity contribution in [3.05, 3.63) is 59.9 Å². The minimum absolute atomic E-state index is 0.315. The van der Waals surface area contributed by atoms with Crippen molar-refractivity contribution < 1.29 is 19.1 Å². The summed E-state index contributed by atoms with van der Waals surface area (Å²) < 4.78 is 10.1. The van der Waals surface area contributed by atoms with Crippen LogP contribution in [0.15, 0.2) is 48.8 Å². The van der Waals surface area contributed by atoms with Gasteiger partial charge in [-0.25, -0.2) is 4.79 Å². The molecule has 102 valence electrons. The van der Waals surface area contributed by atoms with Crippen molar-refractivity contribution in [3.63, 3.8) is 0 Å². The van der Waals surface area contributed by atoms with Gasteiger partial charge in [0.05, 0.1) is 18.2 Å². The summed E-state index contributed by atoms with van der Waals surface area (Å²) in [4.78, 5) is 27.5. The van der Waals surface area contributed by atoms with Crippen molar-refractivity contribution in [1.82, 2.24) is 4.98 Å². The molecule has 0 spiro atoms. The number of pyridine rings is 1. The van der Waals surface area contributed by atoms with Crippen LogP contribution in [0.1, 0.15) is 20.7 Å². The molecule has 1 heterocycles. The second kappa shape index (κ2) is 6.47. The molecule has 2 aromatic rings. The van der Waals surface area contributed by atoms with Crippen LogP contribution in [0, 0.1) is 0 Å². The summed E-state index contributed by atoms with van der Waals surface area (Å²) in [7, 11) is 1.48. The zero-order valence-electron chi connectivity index (χ0n) is 10.9. The van der Waals surface area contributed by atoms with Crippen molar-refractivity contribution in [3.8, 4) is 5.75 Å². The molecule has 0 radical (unpaired) electrons. The molecule has 0 bridgehead atoms. The Balaban J connectivity index is 2.01. The van der Waals surface area contributed by atoms with Gasteiger partial charge in [-0.05, 0) is 24.3 Å². The zero-order chi connectivity index (χ0) is 14.4. The number of aromatic nitrogens is 1. The molecule has 0 aliphatic heterocycles. The number of hydrogen-bond donors (Lipinski definition) is 0. The van der Waals surface area contributed by atoms with Gasteiger partial charge in [0.15, 0.2) is 6.61 Å². The molecule has 0 saturated carbocycles. The van der Waals surface area contributed by atoms with Crippen molar-refractivity contribution in [2.75, 3.05) is 13.7 Å². The average Bonchev–Trinajstić information content (AvgIpc) is 2.53. The molecule has 2 rings (SSSR count). The molecule has 5 heteroatoms. The largest absolute Gasteiger partial charge is 0.496 e. The smallest absolute Gasteiger partial charge is 0.338 e. The lowest BCUT2D eigenvalue weighted by molar-refractivity contribution is 0.0474. The highest BCUT2D eigenvalue weighted by atomic mass is 16.5. The van der Waals surface area contributed by atoms with Crippen molar-refractivity contribution >= 4 is 11.8 Å². The van der Waals surface area contributed by atoms with Crippen LogP contribution in [0.4, 0.5) is 0 Å². The van der Waals surface area contributed by atoms with E-state index < -0.39 is 5.97 Å². The van der Waals surface area contributed by atoms with E-state index in [1.54, 1.807) is 24.3 Å². The van der Waals surface area contributed by atoms with E-state index >= 15 is 0 Å². The number of benzene rings is 1. The van der Waals surface area contributed by atoms with Gasteiger partial charge in [0.25, 0.3) is 0 Å². The maximum absolute atomic E-state index is 12.0. The molecule has 0 atom stereocenters. The lowest BCUT2D eigenvalue weighted by Crippen LogP contribution is -2.15. The number of ketones is 1. The first kappa shape index (κ1) is 13.7. The molecule has 1 aromatic heterocycles. The third kappa shape index (κ3) is 3.20. The van der Waals surface area contributed by atoms with E-state index in [9.17, 15) is 9.59 Å². The van der Waals surface area contributed by atoms with Crippen LogP contribution in [-0.2, 0) is 4.74 Å². The van der Waals surface area contributed by atoms with Gasteiger partial charge in [0, 0.05) is 12.4 Å². The number of hydrogen-bond acceptors (Lipinski definition) is 5. The second-order valence-electron chi connectivity index (χ2n) is 3.94. The summed E-state index contributed by atoms with van der Waals surface area (Å²) in [6, 6.07) is 9.84. The fourth-order valence-electron chi connectivity index (χ4n) is 1.66. The van der Waals surface area contributed by atoms with E-state index in [2.05, 4.69) is 4.98 Å². The van der Waals surface area contributed by atoms with Gasteiger partial charge in [-0.2, -0.15) is 0 Å². The number of methoxy groups -OCH3 is 1. The topological polar surface area (TPSA) is 65.5 Å². The molecule has 0 aliphatic carbocycles.